The Labute approximate surface area is 228 Å². The van der Waals surface area contributed by atoms with Gasteiger partial charge in [-0.2, -0.15) is 0 Å². The van der Waals surface area contributed by atoms with Crippen molar-refractivity contribution in [1.82, 2.24) is 10.6 Å². The second-order valence-electron chi connectivity index (χ2n) is 10.1. The third-order valence-electron chi connectivity index (χ3n) is 7.33. The maximum Gasteiger partial charge on any atom is 0.366 e. The van der Waals surface area contributed by atoms with Gasteiger partial charge in [0, 0.05) is 25.5 Å². The van der Waals surface area contributed by atoms with Crippen molar-refractivity contribution >= 4 is 17.8 Å². The van der Waals surface area contributed by atoms with Crippen LogP contribution in [0.25, 0.3) is 0 Å². The minimum Gasteiger partial charge on any atom is -0.465 e. The summed E-state index contributed by atoms with van der Waals surface area (Å²) < 4.78 is 16.1. The predicted molar refractivity (Wildman–Crippen MR) is 141 cm³/mol. The zero-order valence-corrected chi connectivity index (χ0v) is 22.5. The molecule has 0 spiro atoms. The average molecular weight is 549 g/mol. The highest BCUT2D eigenvalue weighted by atomic mass is 16.7. The number of hydrogen-bond donors (Lipinski definition) is 5. The molecule has 2 fully saturated rings. The zero-order chi connectivity index (χ0) is 28.6. The first-order chi connectivity index (χ1) is 18.6. The number of amides is 2. The van der Waals surface area contributed by atoms with E-state index in [-0.39, 0.29) is 13.2 Å². The van der Waals surface area contributed by atoms with Gasteiger partial charge in [-0.05, 0) is 36.5 Å². The van der Waals surface area contributed by atoms with Crippen LogP contribution in [0.3, 0.4) is 0 Å². The van der Waals surface area contributed by atoms with E-state index in [0.29, 0.717) is 11.5 Å². The highest BCUT2D eigenvalue weighted by Gasteiger charge is 2.56. The van der Waals surface area contributed by atoms with Crippen LogP contribution < -0.4 is 10.6 Å². The molecule has 1 saturated carbocycles. The number of benzene rings is 1. The second kappa shape index (κ2) is 14.0. The Morgan fingerprint density at radius 2 is 1.85 bits per heavy atom. The SMILES string of the molecule is C=CCO[C@]1(C(=O)OC)C[C@@H](O)[C@@H](NC(C)=O)C([C@H](O)[C@H](O)CNC(=O)c2ccc(C3CCCCC3)cc2)O1. The van der Waals surface area contributed by atoms with Gasteiger partial charge in [0.15, 0.2) is 0 Å². The largest absolute Gasteiger partial charge is 0.465 e. The molecular weight excluding hydrogens is 508 g/mol. The number of esters is 1. The lowest BCUT2D eigenvalue weighted by atomic mass is 9.84. The third kappa shape index (κ3) is 7.64. The van der Waals surface area contributed by atoms with Crippen LogP contribution in [-0.2, 0) is 23.8 Å². The molecule has 1 heterocycles. The number of ether oxygens (including phenoxy) is 3. The van der Waals surface area contributed by atoms with E-state index in [9.17, 15) is 29.7 Å². The minimum absolute atomic E-state index is 0.145. The summed E-state index contributed by atoms with van der Waals surface area (Å²) in [5, 5.41) is 37.6. The summed E-state index contributed by atoms with van der Waals surface area (Å²) in [5.74, 6) is -3.56. The zero-order valence-electron chi connectivity index (χ0n) is 22.5. The molecule has 0 bridgehead atoms. The number of carbonyl (C=O) groups is 3. The number of aliphatic hydroxyl groups excluding tert-OH is 3. The van der Waals surface area contributed by atoms with Gasteiger partial charge in [0.05, 0.1) is 32.0 Å². The van der Waals surface area contributed by atoms with Crippen LogP contribution in [0, 0.1) is 0 Å². The van der Waals surface area contributed by atoms with Gasteiger partial charge >= 0.3 is 5.97 Å². The quantitative estimate of drug-likeness (QED) is 0.200. The van der Waals surface area contributed by atoms with Gasteiger partial charge in [-0.25, -0.2) is 4.79 Å². The standard InChI is InChI=1S/C28H40N2O9/c1-4-14-38-28(27(36)37-3)15-21(32)23(30-17(2)31)25(39-28)24(34)22(33)16-29-26(35)20-12-10-19(11-13-20)18-8-6-5-7-9-18/h4,10-13,18,21-25,32-34H,1,5-9,14-16H2,2-3H3,(H,29,35)(H,30,31)/t21-,22-,23-,24-,25?,28-/m1/s1. The number of nitrogens with one attached hydrogen (secondary N) is 2. The van der Waals surface area contributed by atoms with Crippen LogP contribution in [0.5, 0.6) is 0 Å². The van der Waals surface area contributed by atoms with Crippen molar-refractivity contribution in [2.24, 2.45) is 0 Å². The Morgan fingerprint density at radius 1 is 1.18 bits per heavy atom. The molecule has 11 nitrogen and oxygen atoms in total. The summed E-state index contributed by atoms with van der Waals surface area (Å²) in [5.41, 5.74) is 1.60. The molecule has 0 radical (unpaired) electrons. The molecule has 1 unspecified atom stereocenters. The van der Waals surface area contributed by atoms with Crippen LogP contribution in [0.15, 0.2) is 36.9 Å². The van der Waals surface area contributed by atoms with Gasteiger partial charge in [-0.1, -0.05) is 37.5 Å². The van der Waals surface area contributed by atoms with Gasteiger partial charge in [0.25, 0.3) is 11.7 Å². The Kier molecular flexibility index (Phi) is 11.0. The summed E-state index contributed by atoms with van der Waals surface area (Å²) in [6.45, 7) is 4.23. The molecule has 2 aliphatic rings. The molecule has 2 amide bonds. The topological polar surface area (TPSA) is 164 Å². The number of rotatable bonds is 11. The summed E-state index contributed by atoms with van der Waals surface area (Å²) >= 11 is 0. The molecule has 5 N–H and O–H groups in total. The minimum atomic E-state index is -2.12. The van der Waals surface area contributed by atoms with Crippen molar-refractivity contribution in [3.63, 3.8) is 0 Å². The van der Waals surface area contributed by atoms with Crippen LogP contribution in [0.2, 0.25) is 0 Å². The first-order valence-electron chi connectivity index (χ1n) is 13.3. The van der Waals surface area contributed by atoms with Crippen LogP contribution in [0.1, 0.15) is 67.3 Å². The lowest BCUT2D eigenvalue weighted by Crippen LogP contribution is -2.68. The molecule has 1 aliphatic heterocycles. The Bertz CT molecular complexity index is 995. The van der Waals surface area contributed by atoms with Crippen molar-refractivity contribution < 1.29 is 43.9 Å². The lowest BCUT2D eigenvalue weighted by Gasteiger charge is -2.46. The number of aliphatic hydroxyl groups is 3. The van der Waals surface area contributed by atoms with Crippen LogP contribution in [0.4, 0.5) is 0 Å². The van der Waals surface area contributed by atoms with E-state index in [4.69, 9.17) is 14.2 Å². The first-order valence-corrected chi connectivity index (χ1v) is 13.3. The van der Waals surface area contributed by atoms with E-state index < -0.39 is 60.4 Å². The van der Waals surface area contributed by atoms with E-state index in [1.165, 1.54) is 37.8 Å². The molecule has 1 aliphatic carbocycles. The van der Waals surface area contributed by atoms with Gasteiger partial charge in [0.1, 0.15) is 12.2 Å². The molecular formula is C28H40N2O9. The normalized spacial score (nSPS) is 27.2. The fraction of sp³-hybridized carbons (Fsp3) is 0.607. The third-order valence-corrected chi connectivity index (χ3v) is 7.33. The Balaban J connectivity index is 1.70. The molecule has 1 aromatic rings. The Morgan fingerprint density at radius 3 is 2.44 bits per heavy atom. The second-order valence-corrected chi connectivity index (χ2v) is 10.1. The maximum atomic E-state index is 12.7. The molecule has 1 saturated heterocycles. The number of methoxy groups -OCH3 is 1. The Hall–Kier alpha value is -2.83. The fourth-order valence-corrected chi connectivity index (χ4v) is 5.27. The molecule has 216 valence electrons. The van der Waals surface area contributed by atoms with Gasteiger partial charge in [-0.15, -0.1) is 6.58 Å². The summed E-state index contributed by atoms with van der Waals surface area (Å²) in [7, 11) is 1.11. The lowest BCUT2D eigenvalue weighted by molar-refractivity contribution is -0.308. The van der Waals surface area contributed by atoms with Gasteiger partial charge in [0.2, 0.25) is 5.91 Å². The van der Waals surface area contributed by atoms with E-state index >= 15 is 0 Å². The van der Waals surface area contributed by atoms with Crippen molar-refractivity contribution in [2.75, 3.05) is 20.3 Å². The van der Waals surface area contributed by atoms with E-state index in [0.717, 1.165) is 20.0 Å². The van der Waals surface area contributed by atoms with Gasteiger partial charge in [-0.3, -0.25) is 9.59 Å². The van der Waals surface area contributed by atoms with E-state index in [1.807, 2.05) is 12.1 Å². The fourth-order valence-electron chi connectivity index (χ4n) is 5.27. The van der Waals surface area contributed by atoms with Gasteiger partial charge < -0.3 is 40.2 Å². The molecule has 1 aromatic carbocycles. The van der Waals surface area contributed by atoms with Crippen molar-refractivity contribution in [2.45, 2.75) is 87.6 Å². The summed E-state index contributed by atoms with van der Waals surface area (Å²) in [6.07, 6.45) is 0.664. The molecule has 0 aromatic heterocycles. The summed E-state index contributed by atoms with van der Waals surface area (Å²) in [4.78, 5) is 37.1. The van der Waals surface area contributed by atoms with Crippen LogP contribution >= 0.6 is 0 Å². The highest BCUT2D eigenvalue weighted by Crippen LogP contribution is 2.35. The molecule has 3 rings (SSSR count). The summed E-state index contributed by atoms with van der Waals surface area (Å²) in [6, 6.07) is 6.16. The predicted octanol–water partition coefficient (Wildman–Crippen LogP) is 0.912. The molecule has 39 heavy (non-hydrogen) atoms. The molecule has 6 atom stereocenters. The molecule has 11 heteroatoms. The van der Waals surface area contributed by atoms with Crippen molar-refractivity contribution in [3.05, 3.63) is 48.0 Å². The number of hydrogen-bond acceptors (Lipinski definition) is 9. The maximum absolute atomic E-state index is 12.7. The van der Waals surface area contributed by atoms with E-state index in [1.54, 1.807) is 12.1 Å². The van der Waals surface area contributed by atoms with Crippen molar-refractivity contribution in [1.29, 1.82) is 0 Å². The van der Waals surface area contributed by atoms with Crippen LogP contribution in [-0.4, -0.2) is 89.6 Å². The smallest absolute Gasteiger partial charge is 0.366 e. The number of carbonyl (C=O) groups excluding carboxylic acids is 3. The average Bonchev–Trinajstić information content (AvgIpc) is 2.95. The monoisotopic (exact) mass is 548 g/mol. The van der Waals surface area contributed by atoms with E-state index in [2.05, 4.69) is 17.2 Å². The van der Waals surface area contributed by atoms with Crippen molar-refractivity contribution in [3.8, 4) is 0 Å². The highest BCUT2D eigenvalue weighted by molar-refractivity contribution is 5.94. The first kappa shape index (κ1) is 30.7.